The number of alkyl carbamates (subject to hydrolysis) is 1. The molecule has 0 bridgehead atoms. The van der Waals surface area contributed by atoms with Crippen molar-refractivity contribution in [2.24, 2.45) is 5.92 Å². The van der Waals surface area contributed by atoms with E-state index in [1.807, 2.05) is 7.05 Å². The number of carbonyl (C=O) groups excluding carboxylic acids is 4. The number of amides is 1. The van der Waals surface area contributed by atoms with E-state index in [2.05, 4.69) is 69.1 Å². The zero-order chi connectivity index (χ0) is 52.8. The molecule has 1 amide bonds. The summed E-state index contributed by atoms with van der Waals surface area (Å²) in [5, 5.41) is 2.83. The van der Waals surface area contributed by atoms with Gasteiger partial charge in [0.25, 0.3) is 0 Å². The van der Waals surface area contributed by atoms with Crippen molar-refractivity contribution in [3.63, 3.8) is 0 Å². The van der Waals surface area contributed by atoms with Crippen LogP contribution in [0.25, 0.3) is 0 Å². The van der Waals surface area contributed by atoms with Crippen molar-refractivity contribution in [1.82, 2.24) is 10.2 Å². The van der Waals surface area contributed by atoms with Gasteiger partial charge in [-0.15, -0.1) is 0 Å². The van der Waals surface area contributed by atoms with E-state index >= 15 is 0 Å². The van der Waals surface area contributed by atoms with E-state index in [9.17, 15) is 19.2 Å². The minimum atomic E-state index is -0.449. The van der Waals surface area contributed by atoms with Gasteiger partial charge in [0.15, 0.2) is 0 Å². The van der Waals surface area contributed by atoms with Gasteiger partial charge < -0.3 is 29.2 Å². The molecule has 10 heteroatoms. The maximum atomic E-state index is 13.0. The fourth-order valence-electron chi connectivity index (χ4n) is 8.93. The Bertz CT molecular complexity index is 1290. The third kappa shape index (κ3) is 49.3. The van der Waals surface area contributed by atoms with E-state index in [1.54, 1.807) is 0 Å². The number of hydrogen-bond acceptors (Lipinski definition) is 9. The van der Waals surface area contributed by atoms with Crippen molar-refractivity contribution in [3.05, 3.63) is 24.3 Å². The molecule has 0 spiro atoms. The Hall–Kier alpha value is -2.88. The van der Waals surface area contributed by atoms with Crippen molar-refractivity contribution < 1.29 is 38.1 Å². The number of nitrogens with zero attached hydrogens (tertiary/aromatic N) is 1. The number of rotatable bonds is 54. The van der Waals surface area contributed by atoms with Gasteiger partial charge in [0.1, 0.15) is 12.2 Å². The minimum absolute atomic E-state index is 0.0307. The summed E-state index contributed by atoms with van der Waals surface area (Å²) in [6, 6.07) is 0. The average molecular weight is 1020 g/mol. The molecule has 0 aliphatic rings. The molecule has 3 atom stereocenters. The highest BCUT2D eigenvalue weighted by Gasteiger charge is 2.20. The number of allylic oxidation sites excluding steroid dienone is 4. The van der Waals surface area contributed by atoms with Gasteiger partial charge in [-0.05, 0) is 103 Å². The zero-order valence-electron chi connectivity index (χ0n) is 48.1. The van der Waals surface area contributed by atoms with E-state index in [4.69, 9.17) is 18.9 Å². The molecule has 10 nitrogen and oxygen atoms in total. The summed E-state index contributed by atoms with van der Waals surface area (Å²) < 4.78 is 23.4. The second kappa shape index (κ2) is 54.4. The van der Waals surface area contributed by atoms with E-state index in [0.29, 0.717) is 32.2 Å². The number of likely N-dealkylation sites (N-methyl/N-ethyl adjacent to an activating group) is 1. The molecule has 1 N–H and O–H groups in total. The highest BCUT2D eigenvalue weighted by Crippen LogP contribution is 2.20. The van der Waals surface area contributed by atoms with E-state index in [0.717, 1.165) is 129 Å². The van der Waals surface area contributed by atoms with Crippen LogP contribution in [0.3, 0.4) is 0 Å². The topological polar surface area (TPSA) is 120 Å². The molecule has 0 fully saturated rings. The van der Waals surface area contributed by atoms with Gasteiger partial charge in [-0.1, -0.05) is 207 Å². The van der Waals surface area contributed by atoms with Crippen LogP contribution in [-0.4, -0.2) is 81.0 Å². The minimum Gasteiger partial charge on any atom is -0.465 e. The van der Waals surface area contributed by atoms with Crippen LogP contribution in [0.15, 0.2) is 24.3 Å². The first-order valence-electron chi connectivity index (χ1n) is 30.6. The average Bonchev–Trinajstić information content (AvgIpc) is 3.37. The monoisotopic (exact) mass is 1020 g/mol. The van der Waals surface area contributed by atoms with Gasteiger partial charge in [0.05, 0.1) is 13.2 Å². The van der Waals surface area contributed by atoms with Crippen molar-refractivity contribution in [1.29, 1.82) is 0 Å². The number of nitrogens with one attached hydrogen (secondary N) is 1. The van der Waals surface area contributed by atoms with E-state index < -0.39 is 6.09 Å². The van der Waals surface area contributed by atoms with Crippen molar-refractivity contribution in [2.45, 2.75) is 304 Å². The predicted octanol–water partition coefficient (Wildman–Crippen LogP) is 17.4. The van der Waals surface area contributed by atoms with Gasteiger partial charge in [-0.25, -0.2) is 4.79 Å². The summed E-state index contributed by atoms with van der Waals surface area (Å²) in [6.45, 7) is 13.5. The van der Waals surface area contributed by atoms with Crippen molar-refractivity contribution >= 4 is 24.0 Å². The van der Waals surface area contributed by atoms with Gasteiger partial charge in [0, 0.05) is 38.3 Å². The molecule has 0 saturated carbocycles. The summed E-state index contributed by atoms with van der Waals surface area (Å²) in [7, 11) is 2.00. The highest BCUT2D eigenvalue weighted by atomic mass is 16.6. The largest absolute Gasteiger partial charge is 0.465 e. The second-order valence-electron chi connectivity index (χ2n) is 21.0. The lowest BCUT2D eigenvalue weighted by atomic mass is 10.0. The zero-order valence-corrected chi connectivity index (χ0v) is 48.1. The number of ether oxygens (including phenoxy) is 4. The lowest BCUT2D eigenvalue weighted by Crippen LogP contribution is -2.35. The van der Waals surface area contributed by atoms with Crippen LogP contribution in [0, 0.1) is 5.92 Å². The number of carbonyl (C=O) groups is 4. The van der Waals surface area contributed by atoms with Crippen LogP contribution in [-0.2, 0) is 33.3 Å². The Balaban J connectivity index is 4.94. The maximum absolute atomic E-state index is 13.0. The Kier molecular flexibility index (Phi) is 52.2. The first-order chi connectivity index (χ1) is 35.2. The molecule has 0 aromatic heterocycles. The Morgan fingerprint density at radius 2 is 0.847 bits per heavy atom. The molecular weight excluding hydrogens is 901 g/mol. The predicted molar refractivity (Wildman–Crippen MR) is 302 cm³/mol. The fourth-order valence-corrected chi connectivity index (χ4v) is 8.93. The molecule has 0 rings (SSSR count). The van der Waals surface area contributed by atoms with Gasteiger partial charge >= 0.3 is 24.0 Å². The van der Waals surface area contributed by atoms with Crippen LogP contribution in [0.4, 0.5) is 4.79 Å². The molecule has 0 radical (unpaired) electrons. The number of unbranched alkanes of at least 4 members (excludes halogenated alkanes) is 25. The van der Waals surface area contributed by atoms with Crippen LogP contribution in [0.5, 0.6) is 0 Å². The van der Waals surface area contributed by atoms with Crippen molar-refractivity contribution in [2.75, 3.05) is 39.9 Å². The molecule has 0 heterocycles. The van der Waals surface area contributed by atoms with Crippen LogP contribution in [0.1, 0.15) is 291 Å². The maximum Gasteiger partial charge on any atom is 0.407 e. The van der Waals surface area contributed by atoms with Crippen LogP contribution >= 0.6 is 0 Å². The molecule has 0 saturated heterocycles. The second-order valence-corrected chi connectivity index (χ2v) is 21.0. The van der Waals surface area contributed by atoms with Gasteiger partial charge in [0.2, 0.25) is 0 Å². The first-order valence-corrected chi connectivity index (χ1v) is 30.6. The molecule has 0 aromatic rings. The summed E-state index contributed by atoms with van der Waals surface area (Å²) >= 11 is 0. The summed E-state index contributed by atoms with van der Waals surface area (Å²) in [5.41, 5.74) is 0. The van der Waals surface area contributed by atoms with E-state index in [1.165, 1.54) is 109 Å². The summed E-state index contributed by atoms with van der Waals surface area (Å²) in [5.74, 6) is -0.618. The molecule has 0 aromatic carbocycles. The third-order valence-corrected chi connectivity index (χ3v) is 14.0. The fraction of sp³-hybridized carbons (Fsp3) is 0.871. The molecule has 0 aliphatic heterocycles. The van der Waals surface area contributed by atoms with Gasteiger partial charge in [-0.3, -0.25) is 14.4 Å². The normalized spacial score (nSPS) is 12.9. The molecule has 72 heavy (non-hydrogen) atoms. The SMILES string of the molecule is CCCCC/C=C\C/C=C\CCCCCCCC(=O)OCC(CCCCCCCCC(=O)OC(CCCCCCCC)CCCCCCCCC)COC(=O)CCC(CCCC)OC(=O)NCCN(C)CC. The van der Waals surface area contributed by atoms with Crippen LogP contribution in [0.2, 0.25) is 0 Å². The lowest BCUT2D eigenvalue weighted by Gasteiger charge is -2.20. The Morgan fingerprint density at radius 3 is 1.39 bits per heavy atom. The van der Waals surface area contributed by atoms with Crippen molar-refractivity contribution in [3.8, 4) is 0 Å². The Labute approximate surface area is 444 Å². The molecule has 422 valence electrons. The number of hydrogen-bond donors (Lipinski definition) is 1. The molecule has 0 aliphatic carbocycles. The number of esters is 3. The highest BCUT2D eigenvalue weighted by molar-refractivity contribution is 5.70. The van der Waals surface area contributed by atoms with E-state index in [-0.39, 0.29) is 55.7 Å². The molecular formula is C62H116N2O8. The quantitative estimate of drug-likeness (QED) is 0.0275. The van der Waals surface area contributed by atoms with Crippen LogP contribution < -0.4 is 5.32 Å². The smallest absolute Gasteiger partial charge is 0.407 e. The third-order valence-electron chi connectivity index (χ3n) is 14.0. The first kappa shape index (κ1) is 69.1. The lowest BCUT2D eigenvalue weighted by molar-refractivity contribution is -0.151. The molecule has 3 unspecified atom stereocenters. The standard InChI is InChI=1S/C62H116N2O8/c1-7-12-16-19-22-23-24-25-26-27-28-29-31-37-42-48-59(65)69-54-56(55-70-60(66)51-50-58(45-15-10-4)72-62(68)63-52-53-64(6)11-5)44-39-34-32-33-38-43-49-61(67)71-57(46-40-35-21-18-14-9-3)47-41-36-30-20-17-13-8-2/h22-23,25-26,56-58H,7-21,24,27-55H2,1-6H3,(H,63,68)/b23-22-,26-25-. The summed E-state index contributed by atoms with van der Waals surface area (Å²) in [6.07, 6.45) is 50.1. The summed E-state index contributed by atoms with van der Waals surface area (Å²) in [4.78, 5) is 53.5. The Morgan fingerprint density at radius 1 is 0.431 bits per heavy atom. The van der Waals surface area contributed by atoms with Gasteiger partial charge in [-0.2, -0.15) is 0 Å².